The number of fused-ring (bicyclic) bond motifs is 6. The molecule has 0 spiro atoms. The normalized spacial score (nSPS) is 28.1. The zero-order chi connectivity index (χ0) is 11.6. The third-order valence-corrected chi connectivity index (χ3v) is 4.60. The van der Waals surface area contributed by atoms with E-state index in [0.29, 0.717) is 22.0 Å². The van der Waals surface area contributed by atoms with Crippen LogP contribution in [-0.4, -0.2) is 16.8 Å². The molecule has 2 heterocycles. The van der Waals surface area contributed by atoms with Crippen LogP contribution in [0.4, 0.5) is 5.69 Å². The Balaban J connectivity index is 1.91. The Hall–Kier alpha value is -0.990. The van der Waals surface area contributed by atoms with Crippen molar-refractivity contribution in [3.63, 3.8) is 0 Å². The number of halogens is 2. The van der Waals surface area contributed by atoms with Crippen molar-refractivity contribution in [1.82, 2.24) is 4.90 Å². The number of nitrogens with zero attached hydrogens (tertiary/aromatic N) is 2. The Kier molecular flexibility index (Phi) is 1.92. The summed E-state index contributed by atoms with van der Waals surface area (Å²) in [6.07, 6.45) is 5.70. The van der Waals surface area contributed by atoms with E-state index >= 15 is 0 Å². The summed E-state index contributed by atoms with van der Waals surface area (Å²) < 4.78 is 0. The average Bonchev–Trinajstić information content (AvgIpc) is 2.94. The van der Waals surface area contributed by atoms with Crippen LogP contribution in [0.15, 0.2) is 29.3 Å². The fraction of sp³-hybridized carbons (Fsp3) is 0.308. The lowest BCUT2D eigenvalue weighted by Crippen LogP contribution is -2.36. The molecule has 0 N–H and O–H groups in total. The van der Waals surface area contributed by atoms with Gasteiger partial charge in [-0.3, -0.25) is 0 Å². The van der Waals surface area contributed by atoms with E-state index in [0.717, 1.165) is 24.5 Å². The van der Waals surface area contributed by atoms with Crippen molar-refractivity contribution in [2.24, 2.45) is 10.9 Å². The zero-order valence-corrected chi connectivity index (χ0v) is 10.5. The van der Waals surface area contributed by atoms with Gasteiger partial charge in [0.2, 0.25) is 0 Å². The first-order valence-corrected chi connectivity index (χ1v) is 6.50. The van der Waals surface area contributed by atoms with Gasteiger partial charge in [-0.25, -0.2) is 4.99 Å². The molecule has 0 saturated carbocycles. The minimum absolute atomic E-state index is 0.475. The summed E-state index contributed by atoms with van der Waals surface area (Å²) >= 11 is 12.3. The van der Waals surface area contributed by atoms with E-state index in [1.54, 1.807) is 0 Å². The van der Waals surface area contributed by atoms with Crippen molar-refractivity contribution in [2.75, 3.05) is 0 Å². The summed E-state index contributed by atoms with van der Waals surface area (Å²) in [5.41, 5.74) is 2.04. The standard InChI is InChI=1S/C13H10Cl2N2/c14-10-4-2-8-6-17-9-3-1-7(5-9)13(17)16-12(8)11(10)15/h1-4,7,9H,5-6H2. The van der Waals surface area contributed by atoms with E-state index in [4.69, 9.17) is 28.2 Å². The van der Waals surface area contributed by atoms with Crippen molar-refractivity contribution in [2.45, 2.75) is 19.0 Å². The Bertz CT molecular complexity index is 577. The molecule has 0 amide bonds. The predicted molar refractivity (Wildman–Crippen MR) is 70.1 cm³/mol. The van der Waals surface area contributed by atoms with Crippen LogP contribution in [0.1, 0.15) is 12.0 Å². The van der Waals surface area contributed by atoms with Crippen LogP contribution in [-0.2, 0) is 6.54 Å². The summed E-state index contributed by atoms with van der Waals surface area (Å²) in [5, 5.41) is 1.17. The van der Waals surface area contributed by atoms with Gasteiger partial charge in [0.05, 0.1) is 15.7 Å². The smallest absolute Gasteiger partial charge is 0.113 e. The molecule has 2 aliphatic heterocycles. The van der Waals surface area contributed by atoms with Crippen molar-refractivity contribution in [3.8, 4) is 0 Å². The predicted octanol–water partition coefficient (Wildman–Crippen LogP) is 3.80. The zero-order valence-electron chi connectivity index (χ0n) is 9.03. The van der Waals surface area contributed by atoms with Gasteiger partial charge in [0.15, 0.2) is 0 Å². The summed E-state index contributed by atoms with van der Waals surface area (Å²) in [6, 6.07) is 4.41. The summed E-state index contributed by atoms with van der Waals surface area (Å²) in [6.45, 7) is 0.899. The maximum atomic E-state index is 6.23. The molecule has 1 aromatic rings. The van der Waals surface area contributed by atoms with Gasteiger partial charge in [-0.15, -0.1) is 0 Å². The van der Waals surface area contributed by atoms with Crippen LogP contribution < -0.4 is 0 Å². The average molecular weight is 265 g/mol. The molecular weight excluding hydrogens is 255 g/mol. The van der Waals surface area contributed by atoms with Crippen LogP contribution in [0, 0.1) is 5.92 Å². The second kappa shape index (κ2) is 3.27. The third-order valence-electron chi connectivity index (χ3n) is 3.81. The first kappa shape index (κ1) is 9.98. The van der Waals surface area contributed by atoms with Gasteiger partial charge in [0, 0.05) is 18.5 Å². The van der Waals surface area contributed by atoms with Gasteiger partial charge < -0.3 is 4.90 Å². The Morgan fingerprint density at radius 2 is 2.12 bits per heavy atom. The highest BCUT2D eigenvalue weighted by molar-refractivity contribution is 6.43. The van der Waals surface area contributed by atoms with Gasteiger partial charge in [0.25, 0.3) is 0 Å². The second-order valence-corrected chi connectivity index (χ2v) is 5.55. The fourth-order valence-electron chi connectivity index (χ4n) is 2.96. The molecule has 1 aromatic carbocycles. The number of benzene rings is 1. The molecule has 17 heavy (non-hydrogen) atoms. The van der Waals surface area contributed by atoms with E-state index in [1.165, 1.54) is 5.56 Å². The summed E-state index contributed by atoms with van der Waals surface area (Å²) in [4.78, 5) is 7.10. The molecule has 1 fully saturated rings. The molecule has 1 aliphatic carbocycles. The molecule has 4 rings (SSSR count). The highest BCUT2D eigenvalue weighted by atomic mass is 35.5. The number of hydrogen-bond acceptors (Lipinski definition) is 2. The lowest BCUT2D eigenvalue weighted by atomic mass is 10.1. The van der Waals surface area contributed by atoms with E-state index in [9.17, 15) is 0 Å². The Morgan fingerprint density at radius 1 is 1.24 bits per heavy atom. The topological polar surface area (TPSA) is 15.6 Å². The van der Waals surface area contributed by atoms with E-state index < -0.39 is 0 Å². The molecule has 3 aliphatic rings. The van der Waals surface area contributed by atoms with Gasteiger partial charge >= 0.3 is 0 Å². The van der Waals surface area contributed by atoms with E-state index in [1.807, 2.05) is 12.1 Å². The van der Waals surface area contributed by atoms with Gasteiger partial charge in [-0.05, 0) is 18.1 Å². The summed E-state index contributed by atoms with van der Waals surface area (Å²) in [7, 11) is 0. The highest BCUT2D eigenvalue weighted by Crippen LogP contribution is 2.44. The third kappa shape index (κ3) is 1.25. The largest absolute Gasteiger partial charge is 0.349 e. The summed E-state index contributed by atoms with van der Waals surface area (Å²) in [5.74, 6) is 1.64. The SMILES string of the molecule is Clc1ccc2c(c1Cl)N=C1C3C=CC(C3)N1C2. The second-order valence-electron chi connectivity index (χ2n) is 4.76. The maximum Gasteiger partial charge on any atom is 0.113 e. The molecule has 86 valence electrons. The Morgan fingerprint density at radius 3 is 3.00 bits per heavy atom. The maximum absolute atomic E-state index is 6.23. The number of amidine groups is 1. The molecule has 2 nitrogen and oxygen atoms in total. The van der Waals surface area contributed by atoms with Crippen molar-refractivity contribution in [1.29, 1.82) is 0 Å². The molecule has 0 radical (unpaired) electrons. The number of aliphatic imine (C=N–C) groups is 1. The molecule has 2 unspecified atom stereocenters. The lowest BCUT2D eigenvalue weighted by Gasteiger charge is -2.31. The molecule has 0 aromatic heterocycles. The van der Waals surface area contributed by atoms with E-state index in [2.05, 4.69) is 17.1 Å². The van der Waals surface area contributed by atoms with Crippen molar-refractivity contribution < 1.29 is 0 Å². The minimum Gasteiger partial charge on any atom is -0.349 e. The van der Waals surface area contributed by atoms with Crippen LogP contribution in [0.25, 0.3) is 0 Å². The van der Waals surface area contributed by atoms with Crippen LogP contribution in [0.5, 0.6) is 0 Å². The fourth-order valence-corrected chi connectivity index (χ4v) is 3.34. The van der Waals surface area contributed by atoms with Gasteiger partial charge in [-0.2, -0.15) is 0 Å². The lowest BCUT2D eigenvalue weighted by molar-refractivity contribution is 0.378. The van der Waals surface area contributed by atoms with E-state index in [-0.39, 0.29) is 0 Å². The van der Waals surface area contributed by atoms with Gasteiger partial charge in [-0.1, -0.05) is 41.4 Å². The quantitative estimate of drug-likeness (QED) is 0.651. The number of rotatable bonds is 0. The van der Waals surface area contributed by atoms with Crippen molar-refractivity contribution >= 4 is 34.7 Å². The minimum atomic E-state index is 0.475. The number of hydrogen-bond donors (Lipinski definition) is 0. The molecule has 4 heteroatoms. The molecule has 2 atom stereocenters. The molecule has 2 bridgehead atoms. The van der Waals surface area contributed by atoms with Gasteiger partial charge in [0.1, 0.15) is 5.84 Å². The molecule has 1 saturated heterocycles. The van der Waals surface area contributed by atoms with Crippen LogP contribution >= 0.6 is 23.2 Å². The monoisotopic (exact) mass is 264 g/mol. The first-order chi connectivity index (χ1) is 8.24. The van der Waals surface area contributed by atoms with Crippen LogP contribution in [0.2, 0.25) is 10.0 Å². The van der Waals surface area contributed by atoms with Crippen LogP contribution in [0.3, 0.4) is 0 Å². The first-order valence-electron chi connectivity index (χ1n) is 5.74. The highest BCUT2D eigenvalue weighted by Gasteiger charge is 2.41. The van der Waals surface area contributed by atoms with Crippen molar-refractivity contribution in [3.05, 3.63) is 39.9 Å². The Labute approximate surface area is 110 Å². The molecular formula is C13H10Cl2N2.